The van der Waals surface area contributed by atoms with Crippen LogP contribution in [-0.2, 0) is 16.1 Å². The van der Waals surface area contributed by atoms with Gasteiger partial charge < -0.3 is 29.6 Å². The fourth-order valence-corrected chi connectivity index (χ4v) is 5.39. The molecule has 0 saturated carbocycles. The van der Waals surface area contributed by atoms with Crippen molar-refractivity contribution < 1.29 is 14.3 Å². The van der Waals surface area contributed by atoms with E-state index in [1.807, 2.05) is 57.2 Å². The highest BCUT2D eigenvalue weighted by Gasteiger charge is 2.42. The summed E-state index contributed by atoms with van der Waals surface area (Å²) in [5.41, 5.74) is 2.98. The fraction of sp³-hybridized carbons (Fsp3) is 0.414. The van der Waals surface area contributed by atoms with E-state index in [0.29, 0.717) is 16.5 Å². The summed E-state index contributed by atoms with van der Waals surface area (Å²) in [5, 5.41) is 7.12. The highest BCUT2D eigenvalue weighted by atomic mass is 32.1. The van der Waals surface area contributed by atoms with Gasteiger partial charge in [0.25, 0.3) is 0 Å². The van der Waals surface area contributed by atoms with Crippen LogP contribution in [0.25, 0.3) is 0 Å². The number of nitrogens with zero attached hydrogens (tertiary/aromatic N) is 3. The average Bonchev–Trinajstić information content (AvgIpc) is 3.65. The first-order valence-electron chi connectivity index (χ1n) is 13.0. The number of carbonyl (C=O) groups is 1. The Kier molecular flexibility index (Phi) is 7.40. The van der Waals surface area contributed by atoms with Crippen LogP contribution in [0.3, 0.4) is 0 Å². The molecule has 2 saturated heterocycles. The van der Waals surface area contributed by atoms with Crippen LogP contribution in [0.4, 0.5) is 11.4 Å². The van der Waals surface area contributed by atoms with Crippen molar-refractivity contribution >= 4 is 34.6 Å². The number of amides is 1. The number of pyridine rings is 1. The monoisotopic (exact) mass is 533 g/mol. The van der Waals surface area contributed by atoms with Gasteiger partial charge >= 0.3 is 0 Å². The maximum atomic E-state index is 12.7. The van der Waals surface area contributed by atoms with Gasteiger partial charge in [-0.1, -0.05) is 26.8 Å². The second kappa shape index (κ2) is 10.7. The number of rotatable bonds is 7. The van der Waals surface area contributed by atoms with E-state index in [9.17, 15) is 4.79 Å². The van der Waals surface area contributed by atoms with Gasteiger partial charge in [0.2, 0.25) is 5.91 Å². The van der Waals surface area contributed by atoms with Gasteiger partial charge in [-0.25, -0.2) is 0 Å². The molecule has 38 heavy (non-hydrogen) atoms. The summed E-state index contributed by atoms with van der Waals surface area (Å²) in [4.78, 5) is 19.4. The number of hydrogen-bond acceptors (Lipinski definition) is 5. The summed E-state index contributed by atoms with van der Waals surface area (Å²) in [5.74, 6) is 0.486. The van der Waals surface area contributed by atoms with Crippen LogP contribution in [0.5, 0.6) is 5.75 Å². The second-order valence-electron chi connectivity index (χ2n) is 10.8. The Hall–Kier alpha value is -3.43. The van der Waals surface area contributed by atoms with Crippen molar-refractivity contribution in [3.05, 3.63) is 72.3 Å². The molecule has 0 spiro atoms. The molecule has 9 heteroatoms. The molecule has 2 aliphatic rings. The molecule has 8 nitrogen and oxygen atoms in total. The summed E-state index contributed by atoms with van der Waals surface area (Å²) in [7, 11) is 1.60. The molecular weight excluding hydrogens is 498 g/mol. The molecular formula is C29H35N5O3S. The quantitative estimate of drug-likeness (QED) is 0.403. The van der Waals surface area contributed by atoms with Gasteiger partial charge in [0.1, 0.15) is 11.8 Å². The van der Waals surface area contributed by atoms with E-state index < -0.39 is 5.41 Å². The molecule has 0 aliphatic carbocycles. The first-order valence-corrected chi connectivity index (χ1v) is 13.4. The molecule has 1 amide bonds. The third-order valence-electron chi connectivity index (χ3n) is 7.08. The number of aromatic nitrogens is 2. The summed E-state index contributed by atoms with van der Waals surface area (Å²) < 4.78 is 13.9. The van der Waals surface area contributed by atoms with Crippen LogP contribution in [0.1, 0.15) is 57.1 Å². The minimum Gasteiger partial charge on any atom is -0.494 e. The number of thiocarbonyl (C=S) groups is 1. The largest absolute Gasteiger partial charge is 0.494 e. The summed E-state index contributed by atoms with van der Waals surface area (Å²) in [6, 6.07) is 15.6. The van der Waals surface area contributed by atoms with E-state index in [-0.39, 0.29) is 24.1 Å². The van der Waals surface area contributed by atoms with Gasteiger partial charge in [0.15, 0.2) is 5.11 Å². The van der Waals surface area contributed by atoms with Gasteiger partial charge in [0, 0.05) is 48.4 Å². The second-order valence-corrected chi connectivity index (χ2v) is 11.2. The predicted molar refractivity (Wildman–Crippen MR) is 152 cm³/mol. The van der Waals surface area contributed by atoms with Gasteiger partial charge in [-0.3, -0.25) is 9.78 Å². The number of methoxy groups -OCH3 is 1. The SMILES string of the molecule is COc1cc(N2C(=S)N[C@H](c3ccccn3)[C@H]2c2cccn2C[C@@H]2CCCO2)ccc1NC(=O)C(C)(C)C. The zero-order chi connectivity index (χ0) is 26.9. The zero-order valence-electron chi connectivity index (χ0n) is 22.3. The zero-order valence-corrected chi connectivity index (χ0v) is 23.1. The lowest BCUT2D eigenvalue weighted by atomic mass is 9.95. The molecule has 4 heterocycles. The van der Waals surface area contributed by atoms with Gasteiger partial charge in [0.05, 0.1) is 30.6 Å². The average molecular weight is 534 g/mol. The Morgan fingerprint density at radius 2 is 2.08 bits per heavy atom. The predicted octanol–water partition coefficient (Wildman–Crippen LogP) is 5.23. The summed E-state index contributed by atoms with van der Waals surface area (Å²) in [6.07, 6.45) is 6.27. The van der Waals surface area contributed by atoms with Crippen molar-refractivity contribution in [1.82, 2.24) is 14.9 Å². The van der Waals surface area contributed by atoms with Crippen LogP contribution in [0, 0.1) is 5.41 Å². The van der Waals surface area contributed by atoms with E-state index in [4.69, 9.17) is 21.7 Å². The maximum absolute atomic E-state index is 12.7. The molecule has 200 valence electrons. The number of benzene rings is 1. The minimum absolute atomic E-state index is 0.0815. The van der Waals surface area contributed by atoms with Crippen LogP contribution in [0.2, 0.25) is 0 Å². The Morgan fingerprint density at radius 1 is 1.24 bits per heavy atom. The number of anilines is 2. The first-order chi connectivity index (χ1) is 18.3. The molecule has 3 aromatic rings. The Balaban J connectivity index is 1.54. The molecule has 3 atom stereocenters. The molecule has 1 aromatic carbocycles. The summed E-state index contributed by atoms with van der Waals surface area (Å²) in [6.45, 7) is 7.25. The standard InChI is InChI=1S/C29H35N5O3S/c1-29(2,3)27(35)31-21-13-12-19(17-24(21)36-4)34-26(25(32-28(34)38)22-10-5-6-14-30-22)23-11-7-15-33(23)18-20-9-8-16-37-20/h5-7,10-15,17,20,25-26H,8-9,16,18H2,1-4H3,(H,31,35)(H,32,38)/t20-,25+,26+/m0/s1. The van der Waals surface area contributed by atoms with Crippen molar-refractivity contribution in [2.45, 2.75) is 58.3 Å². The number of ether oxygens (including phenoxy) is 2. The molecule has 0 bridgehead atoms. The summed E-state index contributed by atoms with van der Waals surface area (Å²) >= 11 is 5.91. The third kappa shape index (κ3) is 5.26. The fourth-order valence-electron chi connectivity index (χ4n) is 5.05. The molecule has 0 unspecified atom stereocenters. The molecule has 2 aromatic heterocycles. The van der Waals surface area contributed by atoms with E-state index in [0.717, 1.165) is 43.1 Å². The van der Waals surface area contributed by atoms with Crippen molar-refractivity contribution in [1.29, 1.82) is 0 Å². The molecule has 2 N–H and O–H groups in total. The van der Waals surface area contributed by atoms with Crippen molar-refractivity contribution in [3.8, 4) is 5.75 Å². The molecule has 5 rings (SSSR count). The van der Waals surface area contributed by atoms with Crippen molar-refractivity contribution in [3.63, 3.8) is 0 Å². The molecule has 2 aliphatic heterocycles. The number of nitrogens with one attached hydrogen (secondary N) is 2. The van der Waals surface area contributed by atoms with Crippen LogP contribution >= 0.6 is 12.2 Å². The number of hydrogen-bond donors (Lipinski definition) is 2. The maximum Gasteiger partial charge on any atom is 0.229 e. The lowest BCUT2D eigenvalue weighted by Gasteiger charge is -2.30. The van der Waals surface area contributed by atoms with E-state index >= 15 is 0 Å². The third-order valence-corrected chi connectivity index (χ3v) is 7.40. The van der Waals surface area contributed by atoms with Gasteiger partial charge in [-0.15, -0.1) is 0 Å². The molecule has 2 fully saturated rings. The Morgan fingerprint density at radius 3 is 2.76 bits per heavy atom. The highest BCUT2D eigenvalue weighted by molar-refractivity contribution is 7.80. The van der Waals surface area contributed by atoms with E-state index in [1.165, 1.54) is 0 Å². The Bertz CT molecular complexity index is 1300. The van der Waals surface area contributed by atoms with E-state index in [1.54, 1.807) is 13.3 Å². The van der Waals surface area contributed by atoms with Crippen LogP contribution < -0.4 is 20.3 Å². The smallest absolute Gasteiger partial charge is 0.229 e. The van der Waals surface area contributed by atoms with Gasteiger partial charge in [-0.2, -0.15) is 0 Å². The first kappa shape index (κ1) is 26.2. The van der Waals surface area contributed by atoms with Crippen LogP contribution in [-0.4, -0.2) is 40.4 Å². The lowest BCUT2D eigenvalue weighted by molar-refractivity contribution is -0.123. The number of carbonyl (C=O) groups excluding carboxylic acids is 1. The normalized spacial score (nSPS) is 21.4. The molecule has 0 radical (unpaired) electrons. The highest BCUT2D eigenvalue weighted by Crippen LogP contribution is 2.43. The Labute approximate surface area is 229 Å². The minimum atomic E-state index is -0.528. The lowest BCUT2D eigenvalue weighted by Crippen LogP contribution is -2.31. The van der Waals surface area contributed by atoms with Gasteiger partial charge in [-0.05, 0) is 61.5 Å². The van der Waals surface area contributed by atoms with Crippen molar-refractivity contribution in [2.24, 2.45) is 5.41 Å². The van der Waals surface area contributed by atoms with E-state index in [2.05, 4.69) is 43.4 Å². The topological polar surface area (TPSA) is 80.7 Å². The van der Waals surface area contributed by atoms with Crippen LogP contribution in [0.15, 0.2) is 60.9 Å². The van der Waals surface area contributed by atoms with Crippen molar-refractivity contribution in [2.75, 3.05) is 23.9 Å².